The third-order valence-corrected chi connectivity index (χ3v) is 4.60. The summed E-state index contributed by atoms with van der Waals surface area (Å²) >= 11 is 0. The van der Waals surface area contributed by atoms with Crippen LogP contribution in [-0.2, 0) is 6.54 Å². The van der Waals surface area contributed by atoms with Crippen LogP contribution in [0.4, 0.5) is 5.69 Å². The highest BCUT2D eigenvalue weighted by atomic mass is 35.5. The topological polar surface area (TPSA) is 60.0 Å². The molecule has 4 rings (SSSR count). The molecule has 6 nitrogen and oxygen atoms in total. The minimum absolute atomic E-state index is 0. The second kappa shape index (κ2) is 7.17. The number of aryl methyl sites for hydroxylation is 3. The minimum atomic E-state index is 0. The molecule has 0 spiro atoms. The maximum absolute atomic E-state index is 4.72. The second-order valence-electron chi connectivity index (χ2n) is 6.21. The fraction of sp³-hybridized carbons (Fsp3) is 0.211. The van der Waals surface area contributed by atoms with Crippen LogP contribution in [0, 0.1) is 20.8 Å². The van der Waals surface area contributed by atoms with Crippen LogP contribution < -0.4 is 5.32 Å². The molecule has 4 aromatic rings. The highest BCUT2D eigenvalue weighted by molar-refractivity contribution is 5.85. The van der Waals surface area contributed by atoms with Crippen molar-refractivity contribution >= 4 is 23.7 Å². The first-order chi connectivity index (χ1) is 12.1. The second-order valence-corrected chi connectivity index (χ2v) is 6.21. The third kappa shape index (κ3) is 3.15. The Morgan fingerprint density at radius 2 is 1.92 bits per heavy atom. The summed E-state index contributed by atoms with van der Waals surface area (Å²) in [7, 11) is 0. The summed E-state index contributed by atoms with van der Waals surface area (Å²) in [6, 6.07) is 10.5. The van der Waals surface area contributed by atoms with Crippen LogP contribution in [0.3, 0.4) is 0 Å². The van der Waals surface area contributed by atoms with E-state index in [2.05, 4.69) is 64.0 Å². The maximum Gasteiger partial charge on any atom is 0.160 e. The molecule has 0 aliphatic carbocycles. The first-order valence-corrected chi connectivity index (χ1v) is 8.26. The minimum Gasteiger partial charge on any atom is -0.378 e. The summed E-state index contributed by atoms with van der Waals surface area (Å²) < 4.78 is 3.86. The molecule has 0 fully saturated rings. The number of nitrogens with zero attached hydrogens (tertiary/aromatic N) is 5. The Kier molecular flexibility index (Phi) is 4.95. The first-order valence-electron chi connectivity index (χ1n) is 8.26. The fourth-order valence-corrected chi connectivity index (χ4v) is 2.95. The van der Waals surface area contributed by atoms with E-state index in [4.69, 9.17) is 4.98 Å². The van der Waals surface area contributed by atoms with Crippen LogP contribution in [0.2, 0.25) is 0 Å². The van der Waals surface area contributed by atoms with Crippen molar-refractivity contribution in [1.29, 1.82) is 0 Å². The molecular formula is C19H21ClN6. The Morgan fingerprint density at radius 1 is 1.12 bits per heavy atom. The number of pyridine rings is 1. The number of aromatic nitrogens is 5. The number of anilines is 1. The van der Waals surface area contributed by atoms with Crippen LogP contribution >= 0.6 is 12.4 Å². The number of rotatable bonds is 4. The van der Waals surface area contributed by atoms with E-state index < -0.39 is 0 Å². The molecule has 0 bridgehead atoms. The van der Waals surface area contributed by atoms with Crippen molar-refractivity contribution in [3.8, 4) is 5.69 Å². The van der Waals surface area contributed by atoms with Crippen molar-refractivity contribution in [3.63, 3.8) is 0 Å². The van der Waals surface area contributed by atoms with Gasteiger partial charge in [0.25, 0.3) is 0 Å². The molecule has 0 unspecified atom stereocenters. The Bertz CT molecular complexity index is 1040. The lowest BCUT2D eigenvalue weighted by Gasteiger charge is -2.12. The number of fused-ring (bicyclic) bond motifs is 1. The number of hydrogen-bond donors (Lipinski definition) is 1. The summed E-state index contributed by atoms with van der Waals surface area (Å²) in [4.78, 5) is 8.77. The molecule has 3 heterocycles. The highest BCUT2D eigenvalue weighted by Gasteiger charge is 2.12. The van der Waals surface area contributed by atoms with Gasteiger partial charge in [-0.1, -0.05) is 24.3 Å². The van der Waals surface area contributed by atoms with Crippen LogP contribution in [0.1, 0.15) is 22.5 Å². The highest BCUT2D eigenvalue weighted by Crippen LogP contribution is 2.24. The van der Waals surface area contributed by atoms with Gasteiger partial charge < -0.3 is 9.72 Å². The molecule has 7 heteroatoms. The van der Waals surface area contributed by atoms with Crippen molar-refractivity contribution in [1.82, 2.24) is 24.1 Å². The Balaban J connectivity index is 0.00000196. The predicted molar refractivity (Wildman–Crippen MR) is 105 cm³/mol. The summed E-state index contributed by atoms with van der Waals surface area (Å²) in [6.07, 6.45) is 5.28. The molecular weight excluding hydrogens is 348 g/mol. The van der Waals surface area contributed by atoms with Gasteiger partial charge >= 0.3 is 0 Å². The monoisotopic (exact) mass is 368 g/mol. The number of imidazole rings is 1. The van der Waals surface area contributed by atoms with E-state index in [9.17, 15) is 0 Å². The first kappa shape index (κ1) is 17.9. The van der Waals surface area contributed by atoms with Gasteiger partial charge in [0.15, 0.2) is 5.65 Å². The molecule has 0 amide bonds. The Morgan fingerprint density at radius 3 is 2.65 bits per heavy atom. The van der Waals surface area contributed by atoms with E-state index in [-0.39, 0.29) is 12.4 Å². The molecule has 0 atom stereocenters. The summed E-state index contributed by atoms with van der Waals surface area (Å²) in [6.45, 7) is 6.98. The standard InChI is InChI=1S/C19H20N6.ClH/c1-13-6-4-5-7-16(13)9-21-18-8-17(25-12-20-11-22-25)10-24-15(3)14(2)23-19(18)24;/h4-8,10-12,21H,9H2,1-3H3;1H. The van der Waals surface area contributed by atoms with Crippen LogP contribution in [0.15, 0.2) is 49.2 Å². The molecule has 3 aromatic heterocycles. The number of hydrogen-bond acceptors (Lipinski definition) is 4. The molecule has 0 saturated carbocycles. The van der Waals surface area contributed by atoms with Crippen LogP contribution in [-0.4, -0.2) is 24.1 Å². The summed E-state index contributed by atoms with van der Waals surface area (Å²) in [5.74, 6) is 0. The Labute approximate surface area is 158 Å². The quantitative estimate of drug-likeness (QED) is 0.594. The zero-order valence-electron chi connectivity index (χ0n) is 15.0. The van der Waals surface area contributed by atoms with Crippen molar-refractivity contribution in [3.05, 3.63) is 71.7 Å². The maximum atomic E-state index is 4.72. The van der Waals surface area contributed by atoms with Crippen molar-refractivity contribution in [2.24, 2.45) is 0 Å². The van der Waals surface area contributed by atoms with E-state index in [1.807, 2.05) is 13.1 Å². The van der Waals surface area contributed by atoms with E-state index in [1.54, 1.807) is 11.0 Å². The molecule has 134 valence electrons. The molecule has 1 N–H and O–H groups in total. The Hall–Kier alpha value is -2.86. The molecule has 1 aromatic carbocycles. The SMILES string of the molecule is Cc1ccccc1CNc1cc(-n2cncn2)cn2c(C)c(C)nc12.Cl. The van der Waals surface area contributed by atoms with Crippen molar-refractivity contribution < 1.29 is 0 Å². The van der Waals surface area contributed by atoms with Gasteiger partial charge in [0.2, 0.25) is 0 Å². The average Bonchev–Trinajstić information content (AvgIpc) is 3.24. The fourth-order valence-electron chi connectivity index (χ4n) is 2.95. The van der Waals surface area contributed by atoms with E-state index >= 15 is 0 Å². The predicted octanol–water partition coefficient (Wildman–Crippen LogP) is 3.87. The lowest BCUT2D eigenvalue weighted by molar-refractivity contribution is 0.866. The largest absolute Gasteiger partial charge is 0.378 e. The van der Waals surface area contributed by atoms with Gasteiger partial charge in [-0.2, -0.15) is 5.10 Å². The number of nitrogens with one attached hydrogen (secondary N) is 1. The molecule has 0 aliphatic heterocycles. The zero-order valence-corrected chi connectivity index (χ0v) is 15.8. The van der Waals surface area contributed by atoms with Crippen LogP contribution in [0.5, 0.6) is 0 Å². The van der Waals surface area contributed by atoms with Gasteiger partial charge in [-0.25, -0.2) is 14.6 Å². The van der Waals surface area contributed by atoms with E-state index in [0.717, 1.165) is 35.0 Å². The smallest absolute Gasteiger partial charge is 0.160 e. The lowest BCUT2D eigenvalue weighted by atomic mass is 10.1. The number of halogens is 1. The van der Waals surface area contributed by atoms with Crippen LogP contribution in [0.25, 0.3) is 11.3 Å². The molecule has 0 radical (unpaired) electrons. The molecule has 26 heavy (non-hydrogen) atoms. The lowest BCUT2D eigenvalue weighted by Crippen LogP contribution is -2.06. The van der Waals surface area contributed by atoms with Gasteiger partial charge in [0.1, 0.15) is 12.7 Å². The zero-order chi connectivity index (χ0) is 17.4. The summed E-state index contributed by atoms with van der Waals surface area (Å²) in [5, 5.41) is 7.79. The van der Waals surface area contributed by atoms with Gasteiger partial charge in [0, 0.05) is 18.4 Å². The third-order valence-electron chi connectivity index (χ3n) is 4.60. The van der Waals surface area contributed by atoms with Crippen molar-refractivity contribution in [2.45, 2.75) is 27.3 Å². The molecule has 0 saturated heterocycles. The van der Waals surface area contributed by atoms with E-state index in [0.29, 0.717) is 0 Å². The van der Waals surface area contributed by atoms with E-state index in [1.165, 1.54) is 17.5 Å². The average molecular weight is 369 g/mol. The van der Waals surface area contributed by atoms with Gasteiger partial charge in [0.05, 0.1) is 17.1 Å². The normalized spacial score (nSPS) is 10.7. The number of benzene rings is 1. The van der Waals surface area contributed by atoms with Crippen molar-refractivity contribution in [2.75, 3.05) is 5.32 Å². The van der Waals surface area contributed by atoms with Gasteiger partial charge in [-0.3, -0.25) is 0 Å². The van der Waals surface area contributed by atoms with Gasteiger partial charge in [-0.15, -0.1) is 12.4 Å². The summed E-state index contributed by atoms with van der Waals surface area (Å²) in [5.41, 5.74) is 7.53. The van der Waals surface area contributed by atoms with Gasteiger partial charge in [-0.05, 0) is 38.0 Å². The molecule has 0 aliphatic rings.